The van der Waals surface area contributed by atoms with Crippen molar-refractivity contribution in [3.8, 4) is 11.1 Å². The maximum atomic E-state index is 13.0. The predicted molar refractivity (Wildman–Crippen MR) is 126 cm³/mol. The normalized spacial score (nSPS) is 12.9. The molecule has 6 rings (SSSR count). The summed E-state index contributed by atoms with van der Waals surface area (Å²) in [5.41, 5.74) is 4.52. The lowest BCUT2D eigenvalue weighted by molar-refractivity contribution is -0.137. The summed E-state index contributed by atoms with van der Waals surface area (Å²) < 4.78 is 39.1. The van der Waals surface area contributed by atoms with Crippen molar-refractivity contribution in [1.82, 2.24) is 19.9 Å². The monoisotopic (exact) mass is 456 g/mol. The van der Waals surface area contributed by atoms with Gasteiger partial charge >= 0.3 is 6.18 Å². The van der Waals surface area contributed by atoms with Crippen LogP contribution in [0.25, 0.3) is 35.4 Å². The molecule has 1 aliphatic rings. The predicted octanol–water partition coefficient (Wildman–Crippen LogP) is 3.31. The molecular formula is C27H19F3N4. The molecule has 34 heavy (non-hydrogen) atoms. The van der Waals surface area contributed by atoms with Gasteiger partial charge in [-0.3, -0.25) is 0 Å². The largest absolute Gasteiger partial charge is 0.416 e. The van der Waals surface area contributed by atoms with E-state index in [-0.39, 0.29) is 0 Å². The van der Waals surface area contributed by atoms with E-state index in [9.17, 15) is 13.2 Å². The van der Waals surface area contributed by atoms with Crippen molar-refractivity contribution in [2.24, 2.45) is 0 Å². The number of rotatable bonds is 1. The van der Waals surface area contributed by atoms with Crippen LogP contribution in [0.3, 0.4) is 0 Å². The molecule has 0 radical (unpaired) electrons. The number of aromatic amines is 4. The SMILES string of the molecule is FC(F)(F)c1ccc(-c2cc3[nH]c2=Cc2ccc([nH]2)C=c2ccc([nH]2)=Cc2ccc([nH]2)C=3)cc1. The zero-order chi connectivity index (χ0) is 23.3. The van der Waals surface area contributed by atoms with Crippen molar-refractivity contribution >= 4 is 24.3 Å². The summed E-state index contributed by atoms with van der Waals surface area (Å²) in [4.78, 5) is 13.5. The molecule has 4 aromatic heterocycles. The number of nitrogens with one attached hydrogen (secondary N) is 4. The van der Waals surface area contributed by atoms with E-state index in [0.717, 1.165) is 61.9 Å². The fourth-order valence-electron chi connectivity index (χ4n) is 4.21. The van der Waals surface area contributed by atoms with Gasteiger partial charge in [0.2, 0.25) is 0 Å². The van der Waals surface area contributed by atoms with Crippen LogP contribution in [0.15, 0.2) is 66.7 Å². The fourth-order valence-corrected chi connectivity index (χ4v) is 4.21. The highest BCUT2D eigenvalue weighted by molar-refractivity contribution is 5.68. The van der Waals surface area contributed by atoms with Crippen molar-refractivity contribution < 1.29 is 13.2 Å². The molecule has 8 bridgehead atoms. The molecule has 0 saturated carbocycles. The molecule has 5 heterocycles. The molecule has 0 atom stereocenters. The number of fused-ring (bicyclic) bond motifs is 8. The second-order valence-corrected chi connectivity index (χ2v) is 8.31. The van der Waals surface area contributed by atoms with Gasteiger partial charge in [-0.1, -0.05) is 12.1 Å². The molecule has 1 aliphatic heterocycles. The Morgan fingerprint density at radius 3 is 1.59 bits per heavy atom. The zero-order valence-electron chi connectivity index (χ0n) is 17.8. The first-order valence-corrected chi connectivity index (χ1v) is 10.8. The molecule has 0 aliphatic carbocycles. The maximum Gasteiger partial charge on any atom is 0.416 e. The fraction of sp³-hybridized carbons (Fsp3) is 0.0370. The average molecular weight is 456 g/mol. The van der Waals surface area contributed by atoms with E-state index in [2.05, 4.69) is 19.9 Å². The van der Waals surface area contributed by atoms with E-state index in [1.807, 2.05) is 66.8 Å². The summed E-state index contributed by atoms with van der Waals surface area (Å²) in [6.45, 7) is 0. The van der Waals surface area contributed by atoms with Crippen LogP contribution in [0.2, 0.25) is 0 Å². The van der Waals surface area contributed by atoms with Gasteiger partial charge < -0.3 is 19.9 Å². The Balaban J connectivity index is 1.56. The molecule has 4 N–H and O–H groups in total. The molecule has 5 aromatic rings. The van der Waals surface area contributed by atoms with Gasteiger partial charge in [-0.05, 0) is 84.5 Å². The third kappa shape index (κ3) is 3.92. The Kier molecular flexibility index (Phi) is 4.52. The van der Waals surface area contributed by atoms with Gasteiger partial charge in [0.1, 0.15) is 0 Å². The van der Waals surface area contributed by atoms with E-state index in [4.69, 9.17) is 0 Å². The summed E-state index contributed by atoms with van der Waals surface area (Å²) in [7, 11) is 0. The van der Waals surface area contributed by atoms with Crippen LogP contribution >= 0.6 is 0 Å². The molecule has 1 aromatic carbocycles. The van der Waals surface area contributed by atoms with Crippen molar-refractivity contribution in [3.63, 3.8) is 0 Å². The van der Waals surface area contributed by atoms with Gasteiger partial charge in [0, 0.05) is 49.7 Å². The first-order chi connectivity index (χ1) is 16.4. The number of benzene rings is 1. The molecule has 0 saturated heterocycles. The third-order valence-corrected chi connectivity index (χ3v) is 5.82. The highest BCUT2D eigenvalue weighted by atomic mass is 19.4. The Morgan fingerprint density at radius 2 is 1.03 bits per heavy atom. The Morgan fingerprint density at radius 1 is 0.500 bits per heavy atom. The molecule has 0 amide bonds. The first kappa shape index (κ1) is 20.2. The van der Waals surface area contributed by atoms with Crippen molar-refractivity contribution in [1.29, 1.82) is 0 Å². The average Bonchev–Trinajstić information content (AvgIpc) is 3.58. The van der Waals surface area contributed by atoms with E-state index in [1.54, 1.807) is 0 Å². The van der Waals surface area contributed by atoms with Gasteiger partial charge in [0.05, 0.1) is 5.56 Å². The number of hydrogen-bond donors (Lipinski definition) is 4. The highest BCUT2D eigenvalue weighted by Gasteiger charge is 2.30. The van der Waals surface area contributed by atoms with Crippen LogP contribution in [0.4, 0.5) is 13.2 Å². The smallest absolute Gasteiger partial charge is 0.355 e. The summed E-state index contributed by atoms with van der Waals surface area (Å²) in [5, 5.41) is 3.59. The van der Waals surface area contributed by atoms with Crippen LogP contribution in [0.5, 0.6) is 0 Å². The Bertz CT molecular complexity index is 1740. The van der Waals surface area contributed by atoms with Gasteiger partial charge in [0.25, 0.3) is 0 Å². The van der Waals surface area contributed by atoms with E-state index in [0.29, 0.717) is 5.56 Å². The summed E-state index contributed by atoms with van der Waals surface area (Å²) >= 11 is 0. The van der Waals surface area contributed by atoms with E-state index in [1.165, 1.54) is 12.1 Å². The lowest BCUT2D eigenvalue weighted by Gasteiger charge is -2.07. The van der Waals surface area contributed by atoms with Gasteiger partial charge in [-0.2, -0.15) is 13.2 Å². The lowest BCUT2D eigenvalue weighted by Crippen LogP contribution is -2.11. The quantitative estimate of drug-likeness (QED) is 0.294. The van der Waals surface area contributed by atoms with E-state index >= 15 is 0 Å². The standard InChI is InChI=1S/C27H19F3N4/c28-27(29,30)17-3-1-16(2-4-17)25-14-24-13-22-8-7-20(32-22)11-18-5-6-19(31-18)12-21-9-10-23(33-21)15-26(25)34-24/h1-15,31-34H. The number of aromatic nitrogens is 4. The zero-order valence-corrected chi connectivity index (χ0v) is 17.8. The van der Waals surface area contributed by atoms with Gasteiger partial charge in [-0.15, -0.1) is 0 Å². The molecule has 7 heteroatoms. The van der Waals surface area contributed by atoms with Crippen molar-refractivity contribution in [2.45, 2.75) is 6.18 Å². The molecule has 0 spiro atoms. The van der Waals surface area contributed by atoms with Crippen LogP contribution in [0, 0.1) is 0 Å². The molecule has 0 unspecified atom stereocenters. The minimum absolute atomic E-state index is 0.665. The van der Waals surface area contributed by atoms with Crippen molar-refractivity contribution in [2.75, 3.05) is 0 Å². The first-order valence-electron chi connectivity index (χ1n) is 10.8. The van der Waals surface area contributed by atoms with Crippen LogP contribution in [-0.2, 0) is 6.18 Å². The maximum absolute atomic E-state index is 13.0. The molecule has 168 valence electrons. The summed E-state index contributed by atoms with van der Waals surface area (Å²) in [5.74, 6) is 0. The molecule has 0 fully saturated rings. The highest BCUT2D eigenvalue weighted by Crippen LogP contribution is 2.30. The minimum Gasteiger partial charge on any atom is -0.355 e. The van der Waals surface area contributed by atoms with E-state index < -0.39 is 11.7 Å². The Hall–Kier alpha value is -4.39. The van der Waals surface area contributed by atoms with Crippen LogP contribution in [0.1, 0.15) is 28.3 Å². The van der Waals surface area contributed by atoms with Crippen molar-refractivity contribution in [3.05, 3.63) is 116 Å². The second kappa shape index (κ2) is 7.59. The summed E-state index contributed by atoms with van der Waals surface area (Å²) in [6, 6.07) is 19.2. The van der Waals surface area contributed by atoms with Crippen LogP contribution in [-0.4, -0.2) is 19.9 Å². The number of H-pyrrole nitrogens is 4. The summed E-state index contributed by atoms with van der Waals surface area (Å²) in [6.07, 6.45) is 3.62. The lowest BCUT2D eigenvalue weighted by atomic mass is 10.0. The number of alkyl halides is 3. The minimum atomic E-state index is -4.37. The van der Waals surface area contributed by atoms with Gasteiger partial charge in [0.15, 0.2) is 0 Å². The second-order valence-electron chi connectivity index (χ2n) is 8.31. The van der Waals surface area contributed by atoms with Gasteiger partial charge in [-0.25, -0.2) is 0 Å². The number of hydrogen-bond acceptors (Lipinski definition) is 0. The number of halogens is 3. The Labute approximate surface area is 191 Å². The molecular weight excluding hydrogens is 437 g/mol. The molecule has 4 nitrogen and oxygen atoms in total. The van der Waals surface area contributed by atoms with Crippen LogP contribution < -0.4 is 21.4 Å². The topological polar surface area (TPSA) is 63.2 Å². The third-order valence-electron chi connectivity index (χ3n) is 5.82.